The molecule has 0 radical (unpaired) electrons. The monoisotopic (exact) mass is 435 g/mol. The minimum atomic E-state index is -0.540. The van der Waals surface area contributed by atoms with Crippen molar-refractivity contribution in [2.45, 2.75) is 0 Å². The standard InChI is InChI=1S/C15H10BrN5O4S/c16-13-6-5-12(26-13)15(23)19-18-14(22)9-7-17-20(8-9)10-1-3-11(4-2-10)21(24)25/h1-8H,(H,18,22)(H,19,23). The first-order chi connectivity index (χ1) is 12.4. The molecule has 2 amide bonds. The number of nitro benzene ring substituents is 1. The lowest BCUT2D eigenvalue weighted by atomic mass is 10.3. The third kappa shape index (κ3) is 3.95. The molecule has 0 spiro atoms. The van der Waals surface area contributed by atoms with Gasteiger partial charge in [0.05, 0.1) is 31.0 Å². The van der Waals surface area contributed by atoms with Crippen molar-refractivity contribution in [2.75, 3.05) is 0 Å². The van der Waals surface area contributed by atoms with Gasteiger partial charge in [-0.3, -0.25) is 30.6 Å². The topological polar surface area (TPSA) is 119 Å². The molecule has 132 valence electrons. The summed E-state index contributed by atoms with van der Waals surface area (Å²) in [5.41, 5.74) is 5.36. The van der Waals surface area contributed by atoms with Gasteiger partial charge in [-0.2, -0.15) is 5.10 Å². The van der Waals surface area contributed by atoms with Crippen LogP contribution in [0.4, 0.5) is 5.69 Å². The molecule has 0 aliphatic carbocycles. The number of halogens is 1. The van der Waals surface area contributed by atoms with Crippen LogP contribution in [-0.2, 0) is 0 Å². The minimum absolute atomic E-state index is 0.0400. The number of amides is 2. The Morgan fingerprint density at radius 2 is 1.81 bits per heavy atom. The van der Waals surface area contributed by atoms with Crippen molar-refractivity contribution in [3.8, 4) is 5.69 Å². The molecule has 11 heteroatoms. The van der Waals surface area contributed by atoms with E-state index in [1.54, 1.807) is 12.1 Å². The van der Waals surface area contributed by atoms with Crippen LogP contribution in [0.25, 0.3) is 5.69 Å². The zero-order chi connectivity index (χ0) is 18.7. The van der Waals surface area contributed by atoms with Crippen molar-refractivity contribution in [1.29, 1.82) is 0 Å². The summed E-state index contributed by atoms with van der Waals surface area (Å²) < 4.78 is 2.20. The molecule has 0 aliphatic rings. The Morgan fingerprint density at radius 1 is 1.12 bits per heavy atom. The molecule has 0 atom stereocenters. The Bertz CT molecular complexity index is 982. The lowest BCUT2D eigenvalue weighted by molar-refractivity contribution is -0.384. The fraction of sp³-hybridized carbons (Fsp3) is 0. The van der Waals surface area contributed by atoms with E-state index >= 15 is 0 Å². The van der Waals surface area contributed by atoms with Gasteiger partial charge in [-0.25, -0.2) is 4.68 Å². The van der Waals surface area contributed by atoms with Gasteiger partial charge >= 0.3 is 0 Å². The lowest BCUT2D eigenvalue weighted by Crippen LogP contribution is -2.41. The van der Waals surface area contributed by atoms with Gasteiger partial charge < -0.3 is 0 Å². The van der Waals surface area contributed by atoms with E-state index in [2.05, 4.69) is 31.9 Å². The summed E-state index contributed by atoms with van der Waals surface area (Å²) in [7, 11) is 0. The highest BCUT2D eigenvalue weighted by molar-refractivity contribution is 9.11. The SMILES string of the molecule is O=C(NNC(=O)c1ccc(Br)s1)c1cnn(-c2ccc([N+](=O)[O-])cc2)c1. The van der Waals surface area contributed by atoms with E-state index < -0.39 is 16.7 Å². The summed E-state index contributed by atoms with van der Waals surface area (Å²) in [6, 6.07) is 9.08. The number of nitrogens with zero attached hydrogens (tertiary/aromatic N) is 3. The van der Waals surface area contributed by atoms with Crippen molar-refractivity contribution in [3.05, 3.63) is 73.1 Å². The average molecular weight is 436 g/mol. The summed E-state index contributed by atoms with van der Waals surface area (Å²) in [4.78, 5) is 34.6. The Labute approximate surface area is 158 Å². The molecular weight excluding hydrogens is 426 g/mol. The molecule has 9 nitrogen and oxygen atoms in total. The van der Waals surface area contributed by atoms with E-state index in [-0.39, 0.29) is 11.3 Å². The second-order valence-corrected chi connectivity index (χ2v) is 7.42. The molecule has 2 heterocycles. The van der Waals surface area contributed by atoms with Gasteiger partial charge in [0.15, 0.2) is 0 Å². The predicted molar refractivity (Wildman–Crippen MR) is 97.2 cm³/mol. The molecule has 26 heavy (non-hydrogen) atoms. The van der Waals surface area contributed by atoms with Crippen LogP contribution in [0.15, 0.2) is 52.6 Å². The van der Waals surface area contributed by atoms with E-state index in [1.807, 2.05) is 0 Å². The second-order valence-electron chi connectivity index (χ2n) is 4.96. The molecule has 0 aliphatic heterocycles. The van der Waals surface area contributed by atoms with Gasteiger partial charge in [0, 0.05) is 18.3 Å². The van der Waals surface area contributed by atoms with Crippen LogP contribution in [0, 0.1) is 10.1 Å². The van der Waals surface area contributed by atoms with Gasteiger partial charge in [0.1, 0.15) is 0 Å². The van der Waals surface area contributed by atoms with E-state index in [4.69, 9.17) is 0 Å². The summed E-state index contributed by atoms with van der Waals surface area (Å²) in [6.07, 6.45) is 2.77. The van der Waals surface area contributed by atoms with Gasteiger partial charge in [0.2, 0.25) is 0 Å². The highest BCUT2D eigenvalue weighted by Crippen LogP contribution is 2.21. The molecular formula is C15H10BrN5O4S. The first kappa shape index (κ1) is 17.8. The summed E-state index contributed by atoms with van der Waals surface area (Å²) in [5.74, 6) is -0.973. The summed E-state index contributed by atoms with van der Waals surface area (Å²) in [5, 5.41) is 14.7. The summed E-state index contributed by atoms with van der Waals surface area (Å²) >= 11 is 4.49. The van der Waals surface area contributed by atoms with Gasteiger partial charge in [0.25, 0.3) is 17.5 Å². The Kier molecular flexibility index (Phi) is 5.09. The lowest BCUT2D eigenvalue weighted by Gasteiger charge is -2.04. The van der Waals surface area contributed by atoms with Gasteiger partial charge in [-0.05, 0) is 40.2 Å². The third-order valence-corrected chi connectivity index (χ3v) is 4.88. The van der Waals surface area contributed by atoms with Crippen molar-refractivity contribution < 1.29 is 14.5 Å². The van der Waals surface area contributed by atoms with Crippen LogP contribution in [-0.4, -0.2) is 26.5 Å². The number of hydrogen-bond acceptors (Lipinski definition) is 6. The van der Waals surface area contributed by atoms with Crippen LogP contribution >= 0.6 is 27.3 Å². The zero-order valence-electron chi connectivity index (χ0n) is 12.9. The van der Waals surface area contributed by atoms with Crippen molar-refractivity contribution in [3.63, 3.8) is 0 Å². The van der Waals surface area contributed by atoms with Crippen molar-refractivity contribution >= 4 is 44.8 Å². The minimum Gasteiger partial charge on any atom is -0.267 e. The van der Waals surface area contributed by atoms with Crippen LogP contribution < -0.4 is 10.9 Å². The van der Waals surface area contributed by atoms with Crippen LogP contribution in [0.2, 0.25) is 0 Å². The Balaban J connectivity index is 1.64. The van der Waals surface area contributed by atoms with Crippen molar-refractivity contribution in [2.24, 2.45) is 0 Å². The average Bonchev–Trinajstić information content (AvgIpc) is 3.29. The zero-order valence-corrected chi connectivity index (χ0v) is 15.3. The van der Waals surface area contributed by atoms with E-state index in [9.17, 15) is 19.7 Å². The number of rotatable bonds is 4. The normalized spacial score (nSPS) is 10.3. The maximum Gasteiger partial charge on any atom is 0.279 e. The highest BCUT2D eigenvalue weighted by atomic mass is 79.9. The molecule has 3 rings (SSSR count). The van der Waals surface area contributed by atoms with Gasteiger partial charge in [-0.15, -0.1) is 11.3 Å². The smallest absolute Gasteiger partial charge is 0.267 e. The number of hydrazine groups is 1. The summed E-state index contributed by atoms with van der Waals surface area (Å²) in [6.45, 7) is 0. The number of nitro groups is 1. The van der Waals surface area contributed by atoms with Gasteiger partial charge in [-0.1, -0.05) is 0 Å². The molecule has 2 aromatic heterocycles. The number of thiophene rings is 1. The van der Waals surface area contributed by atoms with E-state index in [1.165, 1.54) is 52.7 Å². The van der Waals surface area contributed by atoms with Crippen LogP contribution in [0.1, 0.15) is 20.0 Å². The predicted octanol–water partition coefficient (Wildman–Crippen LogP) is 2.68. The maximum absolute atomic E-state index is 12.1. The Hall–Kier alpha value is -3.05. The molecule has 0 saturated carbocycles. The fourth-order valence-corrected chi connectivity index (χ4v) is 3.27. The fourth-order valence-electron chi connectivity index (χ4n) is 1.99. The highest BCUT2D eigenvalue weighted by Gasteiger charge is 2.13. The van der Waals surface area contributed by atoms with Crippen LogP contribution in [0.5, 0.6) is 0 Å². The number of nitrogens with one attached hydrogen (secondary N) is 2. The van der Waals surface area contributed by atoms with Crippen LogP contribution in [0.3, 0.4) is 0 Å². The van der Waals surface area contributed by atoms with E-state index in [0.29, 0.717) is 10.6 Å². The third-order valence-electron chi connectivity index (χ3n) is 3.26. The van der Waals surface area contributed by atoms with Crippen molar-refractivity contribution in [1.82, 2.24) is 20.6 Å². The number of hydrogen-bond donors (Lipinski definition) is 2. The maximum atomic E-state index is 12.1. The molecule has 3 aromatic rings. The second kappa shape index (κ2) is 7.45. The van der Waals surface area contributed by atoms with E-state index in [0.717, 1.165) is 3.79 Å². The quantitative estimate of drug-likeness (QED) is 0.482. The number of non-ortho nitro benzene ring substituents is 1. The molecule has 1 aromatic carbocycles. The molecule has 0 fully saturated rings. The first-order valence-electron chi connectivity index (χ1n) is 7.09. The molecule has 0 saturated heterocycles. The molecule has 2 N–H and O–H groups in total. The molecule has 0 bridgehead atoms. The number of benzene rings is 1. The number of carbonyl (C=O) groups is 2. The Morgan fingerprint density at radius 3 is 2.42 bits per heavy atom. The number of aromatic nitrogens is 2. The molecule has 0 unspecified atom stereocenters. The number of carbonyl (C=O) groups excluding carboxylic acids is 2. The first-order valence-corrected chi connectivity index (χ1v) is 8.70. The largest absolute Gasteiger partial charge is 0.279 e.